The summed E-state index contributed by atoms with van der Waals surface area (Å²) in [6, 6.07) is 17.0. The van der Waals surface area contributed by atoms with Crippen molar-refractivity contribution in [3.8, 4) is 0 Å². The molecule has 1 amide bonds. The molecule has 5 nitrogen and oxygen atoms in total. The molecule has 0 saturated carbocycles. The molecule has 2 heterocycles. The number of carbonyl (C=O) groups excluding carboxylic acids is 1. The molecule has 4 rings (SSSR count). The number of aromatic nitrogens is 3. The minimum absolute atomic E-state index is 0.0738. The highest BCUT2D eigenvalue weighted by Crippen LogP contribution is 2.25. The van der Waals surface area contributed by atoms with Crippen LogP contribution in [0.4, 0.5) is 0 Å². The fourth-order valence-corrected chi connectivity index (χ4v) is 3.96. The predicted octanol–water partition coefficient (Wildman–Crippen LogP) is 4.75. The first kappa shape index (κ1) is 19.2. The Bertz CT molecular complexity index is 1150. The first-order valence-corrected chi connectivity index (χ1v) is 10.3. The van der Waals surface area contributed by atoms with Gasteiger partial charge in [-0.05, 0) is 50.5 Å². The van der Waals surface area contributed by atoms with Crippen LogP contribution in [-0.4, -0.2) is 20.0 Å². The molecule has 150 valence electrons. The molecule has 0 spiro atoms. The predicted molar refractivity (Wildman–Crippen MR) is 118 cm³/mol. The smallest absolute Gasteiger partial charge is 0.220 e. The molecule has 0 unspecified atom stereocenters. The van der Waals surface area contributed by atoms with E-state index >= 15 is 0 Å². The normalized spacial score (nSPS) is 11.6. The van der Waals surface area contributed by atoms with Crippen molar-refractivity contribution >= 4 is 27.8 Å². The largest absolute Gasteiger partial charge is 0.349 e. The van der Waals surface area contributed by atoms with E-state index in [-0.39, 0.29) is 5.91 Å². The maximum Gasteiger partial charge on any atom is 0.220 e. The van der Waals surface area contributed by atoms with E-state index in [1.807, 2.05) is 35.9 Å². The lowest BCUT2D eigenvalue weighted by molar-refractivity contribution is -0.121. The third-order valence-corrected chi connectivity index (χ3v) is 5.55. The van der Waals surface area contributed by atoms with E-state index in [1.165, 1.54) is 16.5 Å². The summed E-state index contributed by atoms with van der Waals surface area (Å²) in [5.41, 5.74) is 4.63. The minimum Gasteiger partial charge on any atom is -0.349 e. The number of fused-ring (bicyclic) bond motifs is 2. The van der Waals surface area contributed by atoms with Crippen molar-refractivity contribution in [1.82, 2.24) is 19.4 Å². The number of rotatable bonds is 7. The number of hydrogen-bond acceptors (Lipinski definition) is 2. The van der Waals surface area contributed by atoms with Crippen LogP contribution in [-0.2, 0) is 24.8 Å². The van der Waals surface area contributed by atoms with Crippen LogP contribution in [0.3, 0.4) is 0 Å². The molecule has 29 heavy (non-hydrogen) atoms. The number of para-hydroxylation sites is 3. The monoisotopic (exact) mass is 388 g/mol. The van der Waals surface area contributed by atoms with Crippen molar-refractivity contribution < 1.29 is 4.79 Å². The van der Waals surface area contributed by atoms with Gasteiger partial charge in [-0.25, -0.2) is 4.98 Å². The van der Waals surface area contributed by atoms with Gasteiger partial charge in [-0.15, -0.1) is 0 Å². The van der Waals surface area contributed by atoms with E-state index in [0.717, 1.165) is 29.7 Å². The van der Waals surface area contributed by atoms with Gasteiger partial charge in [-0.3, -0.25) is 4.79 Å². The second-order valence-electron chi connectivity index (χ2n) is 7.88. The van der Waals surface area contributed by atoms with E-state index in [9.17, 15) is 4.79 Å². The van der Waals surface area contributed by atoms with Gasteiger partial charge < -0.3 is 14.5 Å². The van der Waals surface area contributed by atoms with Gasteiger partial charge >= 0.3 is 0 Å². The number of nitrogens with one attached hydrogen (secondary N) is 1. The molecule has 0 fully saturated rings. The summed E-state index contributed by atoms with van der Waals surface area (Å²) in [4.78, 5) is 17.0. The molecule has 4 aromatic rings. The highest BCUT2D eigenvalue weighted by Gasteiger charge is 2.12. The molecule has 0 aliphatic rings. The van der Waals surface area contributed by atoms with Gasteiger partial charge in [0.15, 0.2) is 0 Å². The van der Waals surface area contributed by atoms with Crippen molar-refractivity contribution in [3.63, 3.8) is 0 Å². The van der Waals surface area contributed by atoms with Gasteiger partial charge in [-0.2, -0.15) is 0 Å². The van der Waals surface area contributed by atoms with E-state index in [0.29, 0.717) is 19.0 Å². The molecule has 0 aliphatic carbocycles. The lowest BCUT2D eigenvalue weighted by atomic mass is 10.1. The molecule has 0 radical (unpaired) electrons. The fourth-order valence-electron chi connectivity index (χ4n) is 3.96. The van der Waals surface area contributed by atoms with Gasteiger partial charge in [0.2, 0.25) is 5.91 Å². The fraction of sp³-hybridized carbons (Fsp3) is 0.333. The van der Waals surface area contributed by atoms with Crippen molar-refractivity contribution in [2.75, 3.05) is 0 Å². The molecular weight excluding hydrogens is 360 g/mol. The van der Waals surface area contributed by atoms with E-state index in [4.69, 9.17) is 0 Å². The molecule has 0 saturated heterocycles. The average Bonchev–Trinajstić information content (AvgIpc) is 3.25. The molecule has 5 heteroatoms. The van der Waals surface area contributed by atoms with Crippen LogP contribution in [0.5, 0.6) is 0 Å². The van der Waals surface area contributed by atoms with Crippen LogP contribution in [0.15, 0.2) is 54.7 Å². The van der Waals surface area contributed by atoms with Gasteiger partial charge in [-0.1, -0.05) is 30.3 Å². The Balaban J connectivity index is 1.34. The lowest BCUT2D eigenvalue weighted by Crippen LogP contribution is -2.24. The summed E-state index contributed by atoms with van der Waals surface area (Å²) < 4.78 is 4.35. The zero-order valence-electron chi connectivity index (χ0n) is 17.4. The molecule has 0 atom stereocenters. The number of benzene rings is 2. The van der Waals surface area contributed by atoms with Crippen LogP contribution in [0.25, 0.3) is 21.9 Å². The Kier molecular flexibility index (Phi) is 5.38. The number of aryl methyl sites for hydroxylation is 2. The Morgan fingerprint density at radius 1 is 1.07 bits per heavy atom. The zero-order chi connectivity index (χ0) is 20.4. The third kappa shape index (κ3) is 3.90. The highest BCUT2D eigenvalue weighted by atomic mass is 16.1. The lowest BCUT2D eigenvalue weighted by Gasteiger charge is -2.08. The van der Waals surface area contributed by atoms with Crippen molar-refractivity contribution in [1.29, 1.82) is 0 Å². The number of nitrogens with zero attached hydrogens (tertiary/aromatic N) is 3. The second-order valence-corrected chi connectivity index (χ2v) is 7.88. The topological polar surface area (TPSA) is 51.9 Å². The quantitative estimate of drug-likeness (QED) is 0.497. The number of amides is 1. The first-order chi connectivity index (χ1) is 14.0. The highest BCUT2D eigenvalue weighted by molar-refractivity contribution is 5.84. The summed E-state index contributed by atoms with van der Waals surface area (Å²) >= 11 is 0. The van der Waals surface area contributed by atoms with Crippen LogP contribution >= 0.6 is 0 Å². The van der Waals surface area contributed by atoms with Crippen LogP contribution in [0.1, 0.15) is 44.1 Å². The maximum atomic E-state index is 12.4. The minimum atomic E-state index is 0.0738. The Labute approximate surface area is 171 Å². The van der Waals surface area contributed by atoms with Gasteiger partial charge in [0.25, 0.3) is 0 Å². The Hall–Kier alpha value is -3.08. The molecular formula is C24H28N4O. The second kappa shape index (κ2) is 8.11. The van der Waals surface area contributed by atoms with Crippen LogP contribution < -0.4 is 5.32 Å². The summed E-state index contributed by atoms with van der Waals surface area (Å²) in [5.74, 6) is 0.948. The zero-order valence-corrected chi connectivity index (χ0v) is 17.4. The van der Waals surface area contributed by atoms with Crippen LogP contribution in [0, 0.1) is 0 Å². The summed E-state index contributed by atoms with van der Waals surface area (Å²) in [6.07, 6.45) is 4.50. The Morgan fingerprint density at radius 2 is 1.79 bits per heavy atom. The van der Waals surface area contributed by atoms with E-state index in [1.54, 1.807) is 0 Å². The van der Waals surface area contributed by atoms with E-state index < -0.39 is 0 Å². The van der Waals surface area contributed by atoms with Gasteiger partial charge in [0, 0.05) is 36.6 Å². The van der Waals surface area contributed by atoms with Crippen LogP contribution in [0.2, 0.25) is 0 Å². The number of carbonyl (C=O) groups is 1. The summed E-state index contributed by atoms with van der Waals surface area (Å²) in [5, 5.41) is 4.31. The number of hydrogen-bond donors (Lipinski definition) is 1. The van der Waals surface area contributed by atoms with Crippen molar-refractivity contribution in [2.45, 2.75) is 45.7 Å². The molecule has 2 aromatic carbocycles. The molecule has 0 aliphatic heterocycles. The van der Waals surface area contributed by atoms with Crippen molar-refractivity contribution in [3.05, 3.63) is 66.1 Å². The van der Waals surface area contributed by atoms with Gasteiger partial charge in [0.05, 0.1) is 17.6 Å². The van der Waals surface area contributed by atoms with Gasteiger partial charge in [0.1, 0.15) is 5.82 Å². The molecule has 1 N–H and O–H groups in total. The average molecular weight is 389 g/mol. The standard InChI is InChI=1S/C24H28N4O/c1-17(2)28-16-18(19-10-4-6-12-21(19)28)9-8-14-24(29)25-15-23-26-20-11-5-7-13-22(20)27(23)3/h4-7,10-13,16-17H,8-9,14-15H2,1-3H3,(H,25,29). The maximum absolute atomic E-state index is 12.4. The Morgan fingerprint density at radius 3 is 2.55 bits per heavy atom. The summed E-state index contributed by atoms with van der Waals surface area (Å²) in [7, 11) is 1.99. The SMILES string of the molecule is CC(C)n1cc(CCCC(=O)NCc2nc3ccccc3n2C)c2ccccc21. The number of imidazole rings is 1. The molecule has 2 aromatic heterocycles. The molecule has 0 bridgehead atoms. The first-order valence-electron chi connectivity index (χ1n) is 10.3. The third-order valence-electron chi connectivity index (χ3n) is 5.55. The van der Waals surface area contributed by atoms with Crippen molar-refractivity contribution in [2.24, 2.45) is 7.05 Å². The summed E-state index contributed by atoms with van der Waals surface area (Å²) in [6.45, 7) is 4.85. The van der Waals surface area contributed by atoms with E-state index in [2.05, 4.69) is 59.2 Å².